The van der Waals surface area contributed by atoms with Gasteiger partial charge in [-0.15, -0.1) is 0 Å². The van der Waals surface area contributed by atoms with Gasteiger partial charge in [-0.25, -0.2) is 4.39 Å². The molecule has 2 N–H and O–H groups in total. The summed E-state index contributed by atoms with van der Waals surface area (Å²) in [5, 5.41) is 15.1. The summed E-state index contributed by atoms with van der Waals surface area (Å²) in [5.74, 6) is -0.507. The van der Waals surface area contributed by atoms with E-state index in [0.29, 0.717) is 30.3 Å². The van der Waals surface area contributed by atoms with E-state index in [1.165, 1.54) is 12.5 Å². The molecule has 3 aliphatic heterocycles. The Labute approximate surface area is 216 Å². The molecule has 3 atom stereocenters. The maximum Gasteiger partial charge on any atom is 0.225 e. The monoisotopic (exact) mass is 517 g/mol. The molecule has 9 heteroatoms. The molecule has 2 saturated heterocycles. The smallest absolute Gasteiger partial charge is 0.225 e. The number of nitrogens with zero attached hydrogens (tertiary/aromatic N) is 2. The molecule has 2 aromatic carbocycles. The number of benzene rings is 2. The Kier molecular flexibility index (Phi) is 7.84. The van der Waals surface area contributed by atoms with Gasteiger partial charge in [0.15, 0.2) is 17.3 Å². The third-order valence-corrected chi connectivity index (χ3v) is 7.58. The predicted molar refractivity (Wildman–Crippen MR) is 136 cm³/mol. The van der Waals surface area contributed by atoms with Gasteiger partial charge in [0.2, 0.25) is 5.91 Å². The number of carbonyl (C=O) groups is 1. The van der Waals surface area contributed by atoms with Gasteiger partial charge in [-0.3, -0.25) is 4.79 Å². The third-order valence-electron chi connectivity index (χ3n) is 7.32. The first kappa shape index (κ1) is 25.1. The Morgan fingerprint density at radius 1 is 1.11 bits per heavy atom. The second kappa shape index (κ2) is 11.2. The zero-order valence-electron chi connectivity index (χ0n) is 20.3. The lowest BCUT2D eigenvalue weighted by Crippen LogP contribution is -2.50. The molecule has 2 aromatic rings. The van der Waals surface area contributed by atoms with E-state index in [1.54, 1.807) is 6.07 Å². The minimum Gasteiger partial charge on any atom is -0.486 e. The van der Waals surface area contributed by atoms with Crippen molar-refractivity contribution in [3.63, 3.8) is 0 Å². The van der Waals surface area contributed by atoms with E-state index in [2.05, 4.69) is 15.1 Å². The molecule has 1 unspecified atom stereocenters. The van der Waals surface area contributed by atoms with E-state index in [4.69, 9.17) is 21.1 Å². The largest absolute Gasteiger partial charge is 0.486 e. The summed E-state index contributed by atoms with van der Waals surface area (Å²) in [7, 11) is 0. The fourth-order valence-electron chi connectivity index (χ4n) is 5.34. The van der Waals surface area contributed by atoms with Crippen LogP contribution < -0.4 is 19.7 Å². The average Bonchev–Trinajstić information content (AvgIpc) is 3.39. The summed E-state index contributed by atoms with van der Waals surface area (Å²) < 4.78 is 25.7. The normalized spacial score (nSPS) is 21.8. The number of hydrogen-bond donors (Lipinski definition) is 2. The van der Waals surface area contributed by atoms with Crippen LogP contribution in [0.25, 0.3) is 0 Å². The highest BCUT2D eigenvalue weighted by Crippen LogP contribution is 2.36. The van der Waals surface area contributed by atoms with Gasteiger partial charge in [-0.1, -0.05) is 18.0 Å². The molecule has 36 heavy (non-hydrogen) atoms. The van der Waals surface area contributed by atoms with Crippen molar-refractivity contribution >= 4 is 23.2 Å². The second-order valence-corrected chi connectivity index (χ2v) is 10.3. The highest BCUT2D eigenvalue weighted by atomic mass is 35.5. The number of aliphatic hydroxyl groups excluding tert-OH is 1. The number of likely N-dealkylation sites (tertiary alicyclic amines) is 1. The maximum atomic E-state index is 14.7. The number of halogens is 2. The molecule has 5 rings (SSSR count). The van der Waals surface area contributed by atoms with Crippen molar-refractivity contribution < 1.29 is 23.8 Å². The van der Waals surface area contributed by atoms with Gasteiger partial charge < -0.3 is 29.7 Å². The number of nitrogens with one attached hydrogen (secondary N) is 1. The van der Waals surface area contributed by atoms with Crippen LogP contribution in [0.1, 0.15) is 37.4 Å². The van der Waals surface area contributed by atoms with E-state index in [9.17, 15) is 14.3 Å². The highest BCUT2D eigenvalue weighted by molar-refractivity contribution is 6.30. The lowest BCUT2D eigenvalue weighted by Gasteiger charge is -2.34. The van der Waals surface area contributed by atoms with Crippen molar-refractivity contribution in [3.05, 3.63) is 52.8 Å². The van der Waals surface area contributed by atoms with Crippen LogP contribution in [-0.2, 0) is 4.79 Å². The summed E-state index contributed by atoms with van der Waals surface area (Å²) in [4.78, 5) is 17.8. The number of fused-ring (bicyclic) bond motifs is 1. The van der Waals surface area contributed by atoms with Crippen LogP contribution in [-0.4, -0.2) is 67.9 Å². The number of ether oxygens (including phenoxy) is 2. The number of amides is 1. The van der Waals surface area contributed by atoms with E-state index in [-0.39, 0.29) is 29.9 Å². The Morgan fingerprint density at radius 2 is 1.86 bits per heavy atom. The summed E-state index contributed by atoms with van der Waals surface area (Å²) in [5.41, 5.74) is 1.40. The van der Waals surface area contributed by atoms with Crippen molar-refractivity contribution in [3.8, 4) is 11.5 Å². The Balaban J connectivity index is 1.31. The average molecular weight is 518 g/mol. The minimum atomic E-state index is -1.09. The van der Waals surface area contributed by atoms with Gasteiger partial charge in [0.1, 0.15) is 19.3 Å². The van der Waals surface area contributed by atoms with Crippen LogP contribution in [0.5, 0.6) is 11.5 Å². The highest BCUT2D eigenvalue weighted by Gasteiger charge is 2.33. The maximum absolute atomic E-state index is 14.7. The predicted octanol–water partition coefficient (Wildman–Crippen LogP) is 3.78. The van der Waals surface area contributed by atoms with E-state index in [0.717, 1.165) is 44.6 Å². The third kappa shape index (κ3) is 5.71. The lowest BCUT2D eigenvalue weighted by molar-refractivity contribution is -0.126. The van der Waals surface area contributed by atoms with E-state index < -0.39 is 18.0 Å². The zero-order chi connectivity index (χ0) is 25.1. The molecule has 7 nitrogen and oxygen atoms in total. The number of anilines is 1. The molecule has 0 aliphatic carbocycles. The van der Waals surface area contributed by atoms with Crippen LogP contribution in [0.3, 0.4) is 0 Å². The molecule has 2 fully saturated rings. The first-order valence-electron chi connectivity index (χ1n) is 12.8. The topological polar surface area (TPSA) is 74.3 Å². The number of aliphatic hydroxyl groups is 1. The van der Waals surface area contributed by atoms with Crippen LogP contribution in [0.2, 0.25) is 5.02 Å². The molecular weight excluding hydrogens is 485 g/mol. The number of hydrogen-bond acceptors (Lipinski definition) is 6. The van der Waals surface area contributed by atoms with Gasteiger partial charge in [0.25, 0.3) is 0 Å². The molecule has 0 aromatic heterocycles. The molecule has 194 valence electrons. The van der Waals surface area contributed by atoms with Gasteiger partial charge in [0.05, 0.1) is 12.0 Å². The van der Waals surface area contributed by atoms with E-state index >= 15 is 0 Å². The van der Waals surface area contributed by atoms with Crippen LogP contribution >= 0.6 is 11.6 Å². The van der Waals surface area contributed by atoms with Crippen molar-refractivity contribution in [1.29, 1.82) is 0 Å². The van der Waals surface area contributed by atoms with Crippen molar-refractivity contribution in [2.45, 2.75) is 37.8 Å². The van der Waals surface area contributed by atoms with Gasteiger partial charge in [-0.05, 0) is 74.3 Å². The molecule has 3 aliphatic rings. The fraction of sp³-hybridized carbons (Fsp3) is 0.519. The summed E-state index contributed by atoms with van der Waals surface area (Å²) in [6, 6.07) is 9.94. The first-order chi connectivity index (χ1) is 17.5. The van der Waals surface area contributed by atoms with Crippen molar-refractivity contribution in [1.82, 2.24) is 10.2 Å². The lowest BCUT2D eigenvalue weighted by atomic mass is 9.98. The minimum absolute atomic E-state index is 0.0714. The first-order valence-corrected chi connectivity index (χ1v) is 13.2. The Hall–Kier alpha value is -2.55. The molecule has 0 spiro atoms. The SMILES string of the molecule is O=C(N[C@H](CN1CCCCC1)[C@H](O)c1cc(F)c2c(c1)OCCO2)C1CCN(c2ccc(Cl)cc2)C1. The Bertz CT molecular complexity index is 1060. The molecule has 1 amide bonds. The van der Waals surface area contributed by atoms with Crippen LogP contribution in [0.15, 0.2) is 36.4 Å². The van der Waals surface area contributed by atoms with Gasteiger partial charge >= 0.3 is 0 Å². The summed E-state index contributed by atoms with van der Waals surface area (Å²) >= 11 is 6.02. The molecule has 0 saturated carbocycles. The quantitative estimate of drug-likeness (QED) is 0.582. The summed E-state index contributed by atoms with van der Waals surface area (Å²) in [6.45, 7) is 4.31. The van der Waals surface area contributed by atoms with Gasteiger partial charge in [0, 0.05) is 30.3 Å². The second-order valence-electron chi connectivity index (χ2n) is 9.86. The van der Waals surface area contributed by atoms with Crippen LogP contribution in [0.4, 0.5) is 10.1 Å². The van der Waals surface area contributed by atoms with Crippen molar-refractivity contribution in [2.24, 2.45) is 5.92 Å². The number of piperidine rings is 1. The van der Waals surface area contributed by atoms with E-state index in [1.807, 2.05) is 24.3 Å². The Morgan fingerprint density at radius 3 is 2.64 bits per heavy atom. The number of rotatable bonds is 7. The van der Waals surface area contributed by atoms with Gasteiger partial charge in [-0.2, -0.15) is 0 Å². The zero-order valence-corrected chi connectivity index (χ0v) is 21.1. The molecule has 3 heterocycles. The molecular formula is C27H33ClFN3O4. The summed E-state index contributed by atoms with van der Waals surface area (Å²) in [6.07, 6.45) is 3.00. The van der Waals surface area contributed by atoms with Crippen LogP contribution in [0, 0.1) is 11.7 Å². The molecule has 0 bridgehead atoms. The number of carbonyl (C=O) groups excluding carboxylic acids is 1. The fourth-order valence-corrected chi connectivity index (χ4v) is 5.47. The van der Waals surface area contributed by atoms with Crippen molar-refractivity contribution in [2.75, 3.05) is 50.8 Å². The standard InChI is InChI=1S/C27H33ClFN3O4/c28-20-4-6-21(7-5-20)32-11-8-18(16-32)27(34)30-23(17-31-9-2-1-3-10-31)25(33)19-14-22(29)26-24(15-19)35-12-13-36-26/h4-7,14-15,18,23,25,33H,1-3,8-13,16-17H2,(H,30,34)/t18?,23-,25-/m1/s1. The molecule has 0 radical (unpaired) electrons.